The van der Waals surface area contributed by atoms with E-state index in [4.69, 9.17) is 0 Å². The number of piperidine rings is 1. The number of likely N-dealkylation sites (tertiary alicyclic amines) is 1. The van der Waals surface area contributed by atoms with Gasteiger partial charge in [-0.3, -0.25) is 9.59 Å². The third-order valence-corrected chi connectivity index (χ3v) is 4.06. The molecule has 0 aromatic carbocycles. The van der Waals surface area contributed by atoms with Crippen LogP contribution in [0.1, 0.15) is 26.2 Å². The zero-order valence-corrected chi connectivity index (χ0v) is 11.1. The molecule has 0 saturated carbocycles. The van der Waals surface area contributed by atoms with Gasteiger partial charge in [0.1, 0.15) is 0 Å². The second kappa shape index (κ2) is 6.18. The van der Waals surface area contributed by atoms with Gasteiger partial charge in [-0.05, 0) is 38.3 Å². The van der Waals surface area contributed by atoms with E-state index in [1.165, 1.54) is 6.42 Å². The Kier molecular flexibility index (Phi) is 4.58. The van der Waals surface area contributed by atoms with Crippen molar-refractivity contribution in [1.29, 1.82) is 0 Å². The minimum atomic E-state index is 0.000376. The Hall–Kier alpha value is -1.10. The first-order valence-electron chi connectivity index (χ1n) is 6.94. The summed E-state index contributed by atoms with van der Waals surface area (Å²) < 4.78 is 0. The lowest BCUT2D eigenvalue weighted by molar-refractivity contribution is -0.135. The molecule has 0 bridgehead atoms. The van der Waals surface area contributed by atoms with Crippen molar-refractivity contribution in [3.05, 3.63) is 0 Å². The number of amides is 2. The van der Waals surface area contributed by atoms with Crippen molar-refractivity contribution >= 4 is 11.8 Å². The summed E-state index contributed by atoms with van der Waals surface area (Å²) in [5, 5.41) is 5.93. The summed E-state index contributed by atoms with van der Waals surface area (Å²) in [6.45, 7) is 5.60. The fourth-order valence-electron chi connectivity index (χ4n) is 2.46. The van der Waals surface area contributed by atoms with Crippen molar-refractivity contribution < 1.29 is 9.59 Å². The van der Waals surface area contributed by atoms with Crippen LogP contribution in [0.2, 0.25) is 0 Å². The highest BCUT2D eigenvalue weighted by molar-refractivity contribution is 5.85. The van der Waals surface area contributed by atoms with Gasteiger partial charge in [0.2, 0.25) is 11.8 Å². The van der Waals surface area contributed by atoms with E-state index in [1.54, 1.807) is 0 Å². The minimum Gasteiger partial charge on any atom is -0.347 e. The number of nitrogens with zero attached hydrogens (tertiary/aromatic N) is 1. The van der Waals surface area contributed by atoms with E-state index >= 15 is 0 Å². The van der Waals surface area contributed by atoms with E-state index in [1.807, 2.05) is 11.8 Å². The van der Waals surface area contributed by atoms with Crippen molar-refractivity contribution in [2.24, 2.45) is 11.8 Å². The van der Waals surface area contributed by atoms with Gasteiger partial charge in [-0.1, -0.05) is 6.92 Å². The number of carbonyl (C=O) groups is 2. The molecule has 18 heavy (non-hydrogen) atoms. The molecular formula is C13H23N3O2. The van der Waals surface area contributed by atoms with Gasteiger partial charge in [0.05, 0.1) is 6.54 Å². The summed E-state index contributed by atoms with van der Waals surface area (Å²) in [5.74, 6) is 0.490. The normalized spacial score (nSPS) is 22.2. The molecule has 1 unspecified atom stereocenters. The Morgan fingerprint density at radius 3 is 2.50 bits per heavy atom. The first kappa shape index (κ1) is 13.3. The van der Waals surface area contributed by atoms with Gasteiger partial charge >= 0.3 is 0 Å². The van der Waals surface area contributed by atoms with E-state index in [0.29, 0.717) is 5.92 Å². The second-order valence-corrected chi connectivity index (χ2v) is 5.37. The molecule has 5 nitrogen and oxygen atoms in total. The fourth-order valence-corrected chi connectivity index (χ4v) is 2.46. The molecule has 2 amide bonds. The average molecular weight is 253 g/mol. The quantitative estimate of drug-likeness (QED) is 0.739. The highest BCUT2D eigenvalue weighted by Crippen LogP contribution is 2.15. The molecule has 0 aliphatic carbocycles. The summed E-state index contributed by atoms with van der Waals surface area (Å²) in [7, 11) is 0. The SMILES string of the molecule is CC(C(=O)NCC(=O)N1CCCCC1)C1CNC1. The summed E-state index contributed by atoms with van der Waals surface area (Å²) in [4.78, 5) is 25.6. The molecule has 2 fully saturated rings. The number of rotatable bonds is 4. The Morgan fingerprint density at radius 1 is 1.28 bits per heavy atom. The van der Waals surface area contributed by atoms with Crippen molar-refractivity contribution in [3.63, 3.8) is 0 Å². The Morgan fingerprint density at radius 2 is 1.94 bits per heavy atom. The molecule has 0 spiro atoms. The van der Waals surface area contributed by atoms with Crippen LogP contribution in [0.15, 0.2) is 0 Å². The van der Waals surface area contributed by atoms with Crippen LogP contribution in [0.25, 0.3) is 0 Å². The molecule has 5 heteroatoms. The van der Waals surface area contributed by atoms with Crippen LogP contribution in [0.3, 0.4) is 0 Å². The van der Waals surface area contributed by atoms with Gasteiger partial charge in [0, 0.05) is 19.0 Å². The molecule has 2 aliphatic rings. The molecule has 2 heterocycles. The predicted molar refractivity (Wildman–Crippen MR) is 69.0 cm³/mol. The molecule has 2 saturated heterocycles. The van der Waals surface area contributed by atoms with Gasteiger partial charge in [0.15, 0.2) is 0 Å². The topological polar surface area (TPSA) is 61.4 Å². The first-order valence-corrected chi connectivity index (χ1v) is 6.94. The third-order valence-electron chi connectivity index (χ3n) is 4.06. The van der Waals surface area contributed by atoms with Crippen LogP contribution in [0.4, 0.5) is 0 Å². The van der Waals surface area contributed by atoms with Gasteiger partial charge in [0.25, 0.3) is 0 Å². The van der Waals surface area contributed by atoms with E-state index < -0.39 is 0 Å². The molecular weight excluding hydrogens is 230 g/mol. The standard InChI is InChI=1S/C13H23N3O2/c1-10(11-7-14-8-11)13(18)15-9-12(17)16-5-3-2-4-6-16/h10-11,14H,2-9H2,1H3,(H,15,18). The predicted octanol–water partition coefficient (Wildman–Crippen LogP) is -0.0294. The maximum Gasteiger partial charge on any atom is 0.241 e. The first-order chi connectivity index (χ1) is 8.68. The molecule has 2 aliphatic heterocycles. The van der Waals surface area contributed by atoms with Crippen molar-refractivity contribution in [1.82, 2.24) is 15.5 Å². The van der Waals surface area contributed by atoms with Gasteiger partial charge in [-0.15, -0.1) is 0 Å². The Labute approximate surface area is 108 Å². The maximum atomic E-state index is 11.9. The van der Waals surface area contributed by atoms with Crippen LogP contribution >= 0.6 is 0 Å². The number of hydrogen-bond acceptors (Lipinski definition) is 3. The molecule has 2 rings (SSSR count). The smallest absolute Gasteiger partial charge is 0.241 e. The number of carbonyl (C=O) groups excluding carboxylic acids is 2. The van der Waals surface area contributed by atoms with E-state index in [-0.39, 0.29) is 24.3 Å². The fraction of sp³-hybridized carbons (Fsp3) is 0.846. The second-order valence-electron chi connectivity index (χ2n) is 5.37. The minimum absolute atomic E-state index is 0.000376. The van der Waals surface area contributed by atoms with E-state index in [9.17, 15) is 9.59 Å². The molecule has 1 atom stereocenters. The molecule has 0 radical (unpaired) electrons. The summed E-state index contributed by atoms with van der Waals surface area (Å²) in [6, 6.07) is 0. The highest BCUT2D eigenvalue weighted by Gasteiger charge is 2.29. The van der Waals surface area contributed by atoms with Gasteiger partial charge in [-0.2, -0.15) is 0 Å². The summed E-state index contributed by atoms with van der Waals surface area (Å²) >= 11 is 0. The third kappa shape index (κ3) is 3.22. The number of hydrogen-bond donors (Lipinski definition) is 2. The zero-order valence-electron chi connectivity index (χ0n) is 11.1. The summed E-state index contributed by atoms with van der Waals surface area (Å²) in [6.07, 6.45) is 3.38. The van der Waals surface area contributed by atoms with Crippen LogP contribution in [0.5, 0.6) is 0 Å². The lowest BCUT2D eigenvalue weighted by atomic mass is 9.88. The molecule has 0 aromatic rings. The van der Waals surface area contributed by atoms with E-state index in [2.05, 4.69) is 10.6 Å². The Balaban J connectivity index is 1.69. The summed E-state index contributed by atoms with van der Waals surface area (Å²) in [5.41, 5.74) is 0. The molecule has 102 valence electrons. The average Bonchev–Trinajstić information content (AvgIpc) is 2.34. The van der Waals surface area contributed by atoms with E-state index in [0.717, 1.165) is 39.0 Å². The van der Waals surface area contributed by atoms with Crippen LogP contribution in [-0.2, 0) is 9.59 Å². The van der Waals surface area contributed by atoms with Gasteiger partial charge < -0.3 is 15.5 Å². The largest absolute Gasteiger partial charge is 0.347 e. The van der Waals surface area contributed by atoms with Crippen LogP contribution in [0, 0.1) is 11.8 Å². The Bertz CT molecular complexity index is 295. The van der Waals surface area contributed by atoms with Crippen molar-refractivity contribution in [3.8, 4) is 0 Å². The van der Waals surface area contributed by atoms with Crippen LogP contribution in [-0.4, -0.2) is 49.4 Å². The van der Waals surface area contributed by atoms with Crippen LogP contribution < -0.4 is 10.6 Å². The zero-order chi connectivity index (χ0) is 13.0. The van der Waals surface area contributed by atoms with Crippen molar-refractivity contribution in [2.45, 2.75) is 26.2 Å². The molecule has 2 N–H and O–H groups in total. The maximum absolute atomic E-state index is 11.9. The lowest BCUT2D eigenvalue weighted by Gasteiger charge is -2.32. The monoisotopic (exact) mass is 253 g/mol. The lowest BCUT2D eigenvalue weighted by Crippen LogP contribution is -2.51. The number of nitrogens with one attached hydrogen (secondary N) is 2. The van der Waals surface area contributed by atoms with Gasteiger partial charge in [-0.25, -0.2) is 0 Å². The van der Waals surface area contributed by atoms with Crippen molar-refractivity contribution in [2.75, 3.05) is 32.7 Å². The molecule has 0 aromatic heterocycles. The highest BCUT2D eigenvalue weighted by atomic mass is 16.2.